The number of rotatable bonds is 14. The molecule has 43 heavy (non-hydrogen) atoms. The molecule has 7 nitrogen and oxygen atoms in total. The molecule has 0 aliphatic carbocycles. The molecule has 1 amide bonds. The van der Waals surface area contributed by atoms with Crippen molar-refractivity contribution in [2.24, 2.45) is 0 Å². The Morgan fingerprint density at radius 1 is 0.605 bits per heavy atom. The van der Waals surface area contributed by atoms with Crippen LogP contribution in [0.3, 0.4) is 0 Å². The lowest BCUT2D eigenvalue weighted by atomic mass is 9.95. The average molecular weight is 582 g/mol. The average Bonchev–Trinajstić information content (AvgIpc) is 3.05. The second-order valence-electron chi connectivity index (χ2n) is 10.6. The maximum Gasteiger partial charge on any atom is 0.217 e. The van der Waals surface area contributed by atoms with Gasteiger partial charge in [-0.25, -0.2) is 0 Å². The fraction of sp³-hybridized carbons (Fsp3) is 0.306. The first-order valence-electron chi connectivity index (χ1n) is 14.7. The monoisotopic (exact) mass is 581 g/mol. The van der Waals surface area contributed by atoms with Crippen molar-refractivity contribution in [3.63, 3.8) is 0 Å². The van der Waals surface area contributed by atoms with Gasteiger partial charge in [-0.05, 0) is 22.3 Å². The lowest BCUT2D eigenvalue weighted by Gasteiger charge is -2.46. The highest BCUT2D eigenvalue weighted by Gasteiger charge is 2.48. The number of ether oxygens (including phenoxy) is 5. The number of carbonyl (C=O) groups is 1. The summed E-state index contributed by atoms with van der Waals surface area (Å²) in [7, 11) is 0. The van der Waals surface area contributed by atoms with Crippen molar-refractivity contribution in [1.82, 2.24) is 5.32 Å². The smallest absolute Gasteiger partial charge is 0.217 e. The van der Waals surface area contributed by atoms with Gasteiger partial charge in [0.25, 0.3) is 0 Å². The normalized spacial score (nSPS) is 21.7. The van der Waals surface area contributed by atoms with Crippen molar-refractivity contribution in [2.45, 2.75) is 64.0 Å². The minimum Gasteiger partial charge on any atom is -0.374 e. The molecule has 1 aliphatic heterocycles. The number of hydrogen-bond acceptors (Lipinski definition) is 6. The summed E-state index contributed by atoms with van der Waals surface area (Å²) < 4.78 is 32.3. The highest BCUT2D eigenvalue weighted by atomic mass is 16.7. The molecular formula is C36H39NO6. The molecule has 0 aromatic heterocycles. The maximum atomic E-state index is 12.5. The standard InChI is InChI=1S/C36H39NO6/c1-27(38)37-33-35(41-24-30-18-10-4-11-19-30)34(40-23-29-16-8-3-9-17-29)32(26-39-22-28-14-6-2-7-15-28)43-36(33)42-25-31-20-12-5-13-21-31/h2-21,32-36H,22-26H2,1H3,(H,37,38)/t32?,33-,34+,35+,36-/m0/s1. The molecule has 4 aromatic carbocycles. The third kappa shape index (κ3) is 9.32. The summed E-state index contributed by atoms with van der Waals surface area (Å²) in [5.74, 6) is -0.212. The van der Waals surface area contributed by atoms with Crippen molar-refractivity contribution in [3.05, 3.63) is 144 Å². The minimum absolute atomic E-state index is 0.212. The quantitative estimate of drug-likeness (QED) is 0.202. The first kappa shape index (κ1) is 30.6. The third-order valence-electron chi connectivity index (χ3n) is 7.24. The highest BCUT2D eigenvalue weighted by molar-refractivity contribution is 5.73. The van der Waals surface area contributed by atoms with E-state index in [4.69, 9.17) is 23.7 Å². The Kier molecular flexibility index (Phi) is 11.5. The Morgan fingerprint density at radius 3 is 1.49 bits per heavy atom. The van der Waals surface area contributed by atoms with Gasteiger partial charge in [0.05, 0.1) is 33.0 Å². The molecule has 0 saturated carbocycles. The van der Waals surface area contributed by atoms with Gasteiger partial charge in [0.2, 0.25) is 5.91 Å². The molecule has 5 rings (SSSR count). The van der Waals surface area contributed by atoms with Gasteiger partial charge < -0.3 is 29.0 Å². The molecule has 1 saturated heterocycles. The fourth-order valence-electron chi connectivity index (χ4n) is 5.12. The van der Waals surface area contributed by atoms with Gasteiger partial charge in [-0.3, -0.25) is 4.79 Å². The zero-order valence-electron chi connectivity index (χ0n) is 24.4. The zero-order chi connectivity index (χ0) is 29.7. The fourth-order valence-corrected chi connectivity index (χ4v) is 5.12. The summed E-state index contributed by atoms with van der Waals surface area (Å²) in [6, 6.07) is 39.1. The van der Waals surface area contributed by atoms with Gasteiger partial charge in [-0.15, -0.1) is 0 Å². The molecule has 1 fully saturated rings. The van der Waals surface area contributed by atoms with E-state index in [0.29, 0.717) is 26.4 Å². The Labute approximate surface area is 253 Å². The van der Waals surface area contributed by atoms with Gasteiger partial charge >= 0.3 is 0 Å². The molecular weight excluding hydrogens is 542 g/mol. The predicted octanol–water partition coefficient (Wildman–Crippen LogP) is 5.82. The summed E-state index contributed by atoms with van der Waals surface area (Å²) in [6.45, 7) is 3.13. The van der Waals surface area contributed by atoms with Crippen LogP contribution in [0.4, 0.5) is 0 Å². The summed E-state index contributed by atoms with van der Waals surface area (Å²) in [4.78, 5) is 12.5. The molecule has 224 valence electrons. The van der Waals surface area contributed by atoms with Crippen LogP contribution < -0.4 is 5.32 Å². The van der Waals surface area contributed by atoms with Gasteiger partial charge in [0.1, 0.15) is 24.4 Å². The van der Waals surface area contributed by atoms with E-state index >= 15 is 0 Å². The number of hydrogen-bond donors (Lipinski definition) is 1. The summed E-state index contributed by atoms with van der Waals surface area (Å²) in [6.07, 6.45) is -2.48. The van der Waals surface area contributed by atoms with Crippen LogP contribution in [-0.2, 0) is 54.9 Å². The van der Waals surface area contributed by atoms with E-state index in [2.05, 4.69) is 5.32 Å². The largest absolute Gasteiger partial charge is 0.374 e. The minimum atomic E-state index is -0.799. The van der Waals surface area contributed by atoms with Crippen molar-refractivity contribution in [1.29, 1.82) is 0 Å². The molecule has 1 aliphatic rings. The maximum absolute atomic E-state index is 12.5. The van der Waals surface area contributed by atoms with Crippen molar-refractivity contribution in [3.8, 4) is 0 Å². The number of nitrogens with one attached hydrogen (secondary N) is 1. The zero-order valence-corrected chi connectivity index (χ0v) is 24.4. The number of benzene rings is 4. The van der Waals surface area contributed by atoms with E-state index in [-0.39, 0.29) is 12.5 Å². The van der Waals surface area contributed by atoms with Gasteiger partial charge in [-0.2, -0.15) is 0 Å². The van der Waals surface area contributed by atoms with Crippen LogP contribution in [0.25, 0.3) is 0 Å². The molecule has 4 aromatic rings. The van der Waals surface area contributed by atoms with Crippen LogP contribution >= 0.6 is 0 Å². The van der Waals surface area contributed by atoms with Gasteiger partial charge in [0, 0.05) is 6.92 Å². The van der Waals surface area contributed by atoms with E-state index in [1.54, 1.807) is 0 Å². The Morgan fingerprint density at radius 2 is 1.02 bits per heavy atom. The van der Waals surface area contributed by atoms with Crippen LogP contribution in [0.15, 0.2) is 121 Å². The van der Waals surface area contributed by atoms with E-state index in [0.717, 1.165) is 22.3 Å². The van der Waals surface area contributed by atoms with Crippen LogP contribution in [0.2, 0.25) is 0 Å². The third-order valence-corrected chi connectivity index (χ3v) is 7.24. The lowest BCUT2D eigenvalue weighted by Crippen LogP contribution is -2.66. The lowest BCUT2D eigenvalue weighted by molar-refractivity contribution is -0.293. The first-order chi connectivity index (χ1) is 21.2. The van der Waals surface area contributed by atoms with Gasteiger partial charge in [-0.1, -0.05) is 121 Å². The molecule has 0 bridgehead atoms. The highest BCUT2D eigenvalue weighted by Crippen LogP contribution is 2.30. The molecule has 7 heteroatoms. The molecule has 5 atom stereocenters. The molecule has 1 unspecified atom stereocenters. The second kappa shape index (κ2) is 16.1. The van der Waals surface area contributed by atoms with Crippen molar-refractivity contribution in [2.75, 3.05) is 6.61 Å². The first-order valence-corrected chi connectivity index (χ1v) is 14.7. The number of amides is 1. The van der Waals surface area contributed by atoms with Gasteiger partial charge in [0.15, 0.2) is 6.29 Å². The summed E-state index contributed by atoms with van der Waals surface area (Å²) >= 11 is 0. The molecule has 1 N–H and O–H groups in total. The Bertz CT molecular complexity index is 1360. The predicted molar refractivity (Wildman–Crippen MR) is 164 cm³/mol. The molecule has 1 heterocycles. The van der Waals surface area contributed by atoms with Crippen LogP contribution in [0.5, 0.6) is 0 Å². The van der Waals surface area contributed by atoms with E-state index < -0.39 is 30.6 Å². The molecule has 0 spiro atoms. The summed E-state index contributed by atoms with van der Waals surface area (Å²) in [5, 5.41) is 3.05. The van der Waals surface area contributed by atoms with Crippen LogP contribution in [-0.4, -0.2) is 43.2 Å². The van der Waals surface area contributed by atoms with Crippen LogP contribution in [0.1, 0.15) is 29.2 Å². The topological polar surface area (TPSA) is 75.3 Å². The number of carbonyl (C=O) groups excluding carboxylic acids is 1. The van der Waals surface area contributed by atoms with Crippen molar-refractivity contribution < 1.29 is 28.5 Å². The molecule has 0 radical (unpaired) electrons. The van der Waals surface area contributed by atoms with Crippen molar-refractivity contribution >= 4 is 5.91 Å². The second-order valence-corrected chi connectivity index (χ2v) is 10.6. The Balaban J connectivity index is 1.41. The summed E-state index contributed by atoms with van der Waals surface area (Å²) in [5.41, 5.74) is 4.08. The van der Waals surface area contributed by atoms with E-state index in [9.17, 15) is 4.79 Å². The van der Waals surface area contributed by atoms with Crippen LogP contribution in [0, 0.1) is 0 Å². The van der Waals surface area contributed by atoms with E-state index in [1.807, 2.05) is 121 Å². The Hall–Kier alpha value is -3.85. The van der Waals surface area contributed by atoms with E-state index in [1.165, 1.54) is 6.92 Å². The SMILES string of the molecule is CC(=O)N[C@@H]1[C@@H](OCc2ccccc2)OC(COCc2ccccc2)[C@@H](OCc2ccccc2)[C@@H]1OCc1ccccc1.